The van der Waals surface area contributed by atoms with E-state index in [9.17, 15) is 14.4 Å². The Morgan fingerprint density at radius 2 is 1.48 bits per heavy atom. The molecule has 0 spiro atoms. The molecule has 8 heteroatoms. The number of anilines is 1. The number of carbonyl (C=O) groups excluding carboxylic acids is 3. The summed E-state index contributed by atoms with van der Waals surface area (Å²) in [7, 11) is 0. The molecule has 0 aliphatic rings. The topological polar surface area (TPSA) is 104 Å². The molecule has 1 heterocycles. The van der Waals surface area contributed by atoms with Crippen molar-refractivity contribution in [1.29, 1.82) is 0 Å². The normalized spacial score (nSPS) is 11.0. The number of para-hydroxylation sites is 1. The fraction of sp³-hybridized carbons (Fsp3) is 0.294. The molecule has 1 aromatic heterocycles. The molecule has 4 aromatic rings. The van der Waals surface area contributed by atoms with Gasteiger partial charge in [-0.25, -0.2) is 14.6 Å². The first-order valence-corrected chi connectivity index (χ1v) is 14.2. The molecule has 0 aliphatic carbocycles. The SMILES string of the molecule is CCCCOc1cccc(-c2cc(C(=O)Nc3cc(C(=O)OC(C)C)cc(C(=O)OC(C)C)c3)c3ccccc3n2)c1. The lowest BCUT2D eigenvalue weighted by atomic mass is 10.0. The maximum absolute atomic E-state index is 13.8. The quantitative estimate of drug-likeness (QED) is 0.148. The van der Waals surface area contributed by atoms with E-state index in [0.29, 0.717) is 28.8 Å². The van der Waals surface area contributed by atoms with E-state index in [2.05, 4.69) is 12.2 Å². The molecule has 1 amide bonds. The zero-order valence-corrected chi connectivity index (χ0v) is 24.6. The van der Waals surface area contributed by atoms with Crippen LogP contribution in [0.25, 0.3) is 22.2 Å². The summed E-state index contributed by atoms with van der Waals surface area (Å²) < 4.78 is 16.6. The highest BCUT2D eigenvalue weighted by atomic mass is 16.5. The standard InChI is InChI=1S/C34H36N2O6/c1-6-7-15-40-27-12-10-11-23(19-27)31-20-29(28-13-8-9-14-30(28)36-31)32(37)35-26-17-24(33(38)41-21(2)3)16-25(18-26)34(39)42-22(4)5/h8-14,16-22H,6-7,15H2,1-5H3,(H,35,37). The summed E-state index contributed by atoms with van der Waals surface area (Å²) in [5.74, 6) is -0.926. The van der Waals surface area contributed by atoms with E-state index in [1.807, 2.05) is 48.5 Å². The number of hydrogen-bond acceptors (Lipinski definition) is 7. The lowest BCUT2D eigenvalue weighted by molar-refractivity contribution is 0.0377. The van der Waals surface area contributed by atoms with Crippen LogP contribution in [-0.4, -0.2) is 41.6 Å². The first-order valence-electron chi connectivity index (χ1n) is 14.2. The molecule has 42 heavy (non-hydrogen) atoms. The van der Waals surface area contributed by atoms with Crippen LogP contribution in [0.15, 0.2) is 72.8 Å². The van der Waals surface area contributed by atoms with Gasteiger partial charge in [0.2, 0.25) is 0 Å². The summed E-state index contributed by atoms with van der Waals surface area (Å²) >= 11 is 0. The van der Waals surface area contributed by atoms with Crippen molar-refractivity contribution in [1.82, 2.24) is 4.98 Å². The second kappa shape index (κ2) is 13.8. The minimum atomic E-state index is -0.614. The number of unbranched alkanes of at least 4 members (excludes halogenated alkanes) is 1. The molecular formula is C34H36N2O6. The number of benzene rings is 3. The van der Waals surface area contributed by atoms with E-state index in [4.69, 9.17) is 19.2 Å². The Kier molecular flexibility index (Phi) is 9.91. The zero-order valence-electron chi connectivity index (χ0n) is 24.6. The number of nitrogens with zero attached hydrogens (tertiary/aromatic N) is 1. The summed E-state index contributed by atoms with van der Waals surface area (Å²) in [6.07, 6.45) is 1.26. The Balaban J connectivity index is 1.72. The third-order valence-corrected chi connectivity index (χ3v) is 6.20. The first-order chi connectivity index (χ1) is 20.1. The lowest BCUT2D eigenvalue weighted by Crippen LogP contribution is -2.17. The molecule has 0 saturated carbocycles. The van der Waals surface area contributed by atoms with Crippen LogP contribution in [0, 0.1) is 0 Å². The van der Waals surface area contributed by atoms with Gasteiger partial charge in [-0.1, -0.05) is 43.7 Å². The molecular weight excluding hydrogens is 532 g/mol. The van der Waals surface area contributed by atoms with Crippen LogP contribution in [-0.2, 0) is 9.47 Å². The second-order valence-corrected chi connectivity index (χ2v) is 10.5. The molecule has 1 N–H and O–H groups in total. The highest BCUT2D eigenvalue weighted by Gasteiger charge is 2.20. The van der Waals surface area contributed by atoms with Crippen molar-refractivity contribution in [3.8, 4) is 17.0 Å². The fourth-order valence-electron chi connectivity index (χ4n) is 4.29. The maximum Gasteiger partial charge on any atom is 0.338 e. The van der Waals surface area contributed by atoms with E-state index in [1.165, 1.54) is 18.2 Å². The number of fused-ring (bicyclic) bond motifs is 1. The van der Waals surface area contributed by atoms with Crippen LogP contribution >= 0.6 is 0 Å². The summed E-state index contributed by atoms with van der Waals surface area (Å²) in [5, 5.41) is 3.52. The summed E-state index contributed by atoms with van der Waals surface area (Å²) in [5.41, 5.74) is 2.94. The monoisotopic (exact) mass is 568 g/mol. The molecule has 0 fully saturated rings. The summed E-state index contributed by atoms with van der Waals surface area (Å²) in [4.78, 5) is 44.1. The first kappa shape index (κ1) is 30.2. The van der Waals surface area contributed by atoms with Gasteiger partial charge in [-0.05, 0) is 76.6 Å². The Morgan fingerprint density at radius 1 is 0.810 bits per heavy atom. The number of ether oxygens (including phenoxy) is 3. The number of aromatic nitrogens is 1. The number of pyridine rings is 1. The van der Waals surface area contributed by atoms with Crippen LogP contribution in [0.1, 0.15) is 78.5 Å². The summed E-state index contributed by atoms with van der Waals surface area (Å²) in [6, 6.07) is 21.1. The number of nitrogens with one attached hydrogen (secondary N) is 1. The van der Waals surface area contributed by atoms with Crippen LogP contribution in [0.4, 0.5) is 5.69 Å². The van der Waals surface area contributed by atoms with Crippen LogP contribution in [0.5, 0.6) is 5.75 Å². The van der Waals surface area contributed by atoms with Crippen molar-refractivity contribution in [2.24, 2.45) is 0 Å². The van der Waals surface area contributed by atoms with E-state index >= 15 is 0 Å². The number of carbonyl (C=O) groups is 3. The van der Waals surface area contributed by atoms with Gasteiger partial charge >= 0.3 is 11.9 Å². The van der Waals surface area contributed by atoms with Gasteiger partial charge in [0.25, 0.3) is 5.91 Å². The molecule has 3 aromatic carbocycles. The van der Waals surface area contributed by atoms with Crippen molar-refractivity contribution in [3.05, 3.63) is 89.5 Å². The molecule has 0 atom stereocenters. The van der Waals surface area contributed by atoms with Gasteiger partial charge in [0.15, 0.2) is 0 Å². The zero-order chi connectivity index (χ0) is 30.2. The molecule has 0 saturated heterocycles. The van der Waals surface area contributed by atoms with Gasteiger partial charge in [0, 0.05) is 16.6 Å². The second-order valence-electron chi connectivity index (χ2n) is 10.5. The minimum absolute atomic E-state index is 0.123. The van der Waals surface area contributed by atoms with Gasteiger partial charge in [0.1, 0.15) is 5.75 Å². The third kappa shape index (κ3) is 7.72. The average Bonchev–Trinajstić information content (AvgIpc) is 2.96. The van der Waals surface area contributed by atoms with Crippen molar-refractivity contribution in [2.45, 2.75) is 59.7 Å². The van der Waals surface area contributed by atoms with E-state index in [-0.39, 0.29) is 29.0 Å². The predicted octanol–water partition coefficient (Wildman–Crippen LogP) is 7.46. The van der Waals surface area contributed by atoms with Crippen molar-refractivity contribution < 1.29 is 28.6 Å². The smallest absolute Gasteiger partial charge is 0.338 e. The molecule has 0 unspecified atom stereocenters. The Morgan fingerprint density at radius 3 is 2.12 bits per heavy atom. The van der Waals surface area contributed by atoms with E-state index < -0.39 is 17.8 Å². The van der Waals surface area contributed by atoms with Crippen molar-refractivity contribution in [2.75, 3.05) is 11.9 Å². The molecule has 0 radical (unpaired) electrons. The maximum atomic E-state index is 13.8. The predicted molar refractivity (Wildman–Crippen MR) is 163 cm³/mol. The lowest BCUT2D eigenvalue weighted by Gasteiger charge is -2.14. The molecule has 218 valence electrons. The van der Waals surface area contributed by atoms with Gasteiger partial charge in [-0.15, -0.1) is 0 Å². The minimum Gasteiger partial charge on any atom is -0.494 e. The van der Waals surface area contributed by atoms with Crippen molar-refractivity contribution in [3.63, 3.8) is 0 Å². The fourth-order valence-corrected chi connectivity index (χ4v) is 4.29. The van der Waals surface area contributed by atoms with Gasteiger partial charge < -0.3 is 19.5 Å². The van der Waals surface area contributed by atoms with Crippen LogP contribution < -0.4 is 10.1 Å². The van der Waals surface area contributed by atoms with Crippen LogP contribution in [0.2, 0.25) is 0 Å². The van der Waals surface area contributed by atoms with Gasteiger partial charge in [0.05, 0.1) is 46.7 Å². The number of hydrogen-bond donors (Lipinski definition) is 1. The Hall–Kier alpha value is -4.72. The largest absolute Gasteiger partial charge is 0.494 e. The van der Waals surface area contributed by atoms with Crippen molar-refractivity contribution >= 4 is 34.4 Å². The van der Waals surface area contributed by atoms with E-state index in [0.717, 1.165) is 24.2 Å². The highest BCUT2D eigenvalue weighted by molar-refractivity contribution is 6.13. The highest BCUT2D eigenvalue weighted by Crippen LogP contribution is 2.28. The molecule has 4 rings (SSSR count). The third-order valence-electron chi connectivity index (χ3n) is 6.20. The molecule has 0 bridgehead atoms. The average molecular weight is 569 g/mol. The van der Waals surface area contributed by atoms with Gasteiger partial charge in [-0.2, -0.15) is 0 Å². The summed E-state index contributed by atoms with van der Waals surface area (Å²) in [6.45, 7) is 9.66. The number of esters is 2. The van der Waals surface area contributed by atoms with Crippen LogP contribution in [0.3, 0.4) is 0 Å². The van der Waals surface area contributed by atoms with Gasteiger partial charge in [-0.3, -0.25) is 4.79 Å². The number of rotatable bonds is 11. The Labute approximate surface area is 246 Å². The Bertz CT molecular complexity index is 1550. The molecule has 8 nitrogen and oxygen atoms in total. The van der Waals surface area contributed by atoms with E-state index in [1.54, 1.807) is 33.8 Å². The number of amides is 1. The molecule has 0 aliphatic heterocycles.